The van der Waals surface area contributed by atoms with Crippen molar-refractivity contribution in [2.75, 3.05) is 0 Å². The van der Waals surface area contributed by atoms with Crippen molar-refractivity contribution in [2.45, 2.75) is 20.8 Å². The Balaban J connectivity index is 2.36. The number of ether oxygens (including phenoxy) is 1. The third kappa shape index (κ3) is 2.74. The number of aryl methyl sites for hydroxylation is 2. The van der Waals surface area contributed by atoms with E-state index in [0.717, 1.165) is 16.9 Å². The number of hydrogen-bond donors (Lipinski definition) is 0. The molecular weight excluding hydrogens is 236 g/mol. The number of benzene rings is 1. The Hall–Kier alpha value is -1.61. The molecule has 1 aromatic carbocycles. The number of rotatable bonds is 2. The highest BCUT2D eigenvalue weighted by molar-refractivity contribution is 6.28. The van der Waals surface area contributed by atoms with E-state index in [1.807, 2.05) is 19.9 Å². The lowest BCUT2D eigenvalue weighted by Gasteiger charge is -2.11. The Morgan fingerprint density at radius 1 is 1.18 bits per heavy atom. The van der Waals surface area contributed by atoms with Crippen molar-refractivity contribution < 1.29 is 4.74 Å². The second kappa shape index (κ2) is 4.72. The molecule has 0 N–H and O–H groups in total. The molecule has 0 atom stereocenters. The summed E-state index contributed by atoms with van der Waals surface area (Å²) in [4.78, 5) is 7.81. The summed E-state index contributed by atoms with van der Waals surface area (Å²) in [7, 11) is 0. The van der Waals surface area contributed by atoms with Gasteiger partial charge in [-0.25, -0.2) is 4.98 Å². The van der Waals surface area contributed by atoms with Gasteiger partial charge in [0.1, 0.15) is 5.75 Å². The quantitative estimate of drug-likeness (QED) is 0.758. The van der Waals surface area contributed by atoms with E-state index >= 15 is 0 Å². The molecule has 0 aliphatic heterocycles. The fraction of sp³-hybridized carbons (Fsp3) is 0.231. The van der Waals surface area contributed by atoms with Gasteiger partial charge in [-0.2, -0.15) is 4.98 Å². The van der Waals surface area contributed by atoms with Crippen LogP contribution >= 0.6 is 11.6 Å². The number of nitrogens with zero attached hydrogens (tertiary/aromatic N) is 2. The van der Waals surface area contributed by atoms with Crippen molar-refractivity contribution in [3.8, 4) is 11.6 Å². The lowest BCUT2D eigenvalue weighted by molar-refractivity contribution is 0.457. The maximum atomic E-state index is 5.72. The zero-order valence-corrected chi connectivity index (χ0v) is 10.7. The Labute approximate surface area is 105 Å². The van der Waals surface area contributed by atoms with Crippen LogP contribution in [0, 0.1) is 20.8 Å². The molecule has 17 heavy (non-hydrogen) atoms. The van der Waals surface area contributed by atoms with Crippen molar-refractivity contribution in [3.63, 3.8) is 0 Å². The molecule has 1 heterocycles. The fourth-order valence-electron chi connectivity index (χ4n) is 1.60. The molecule has 0 amide bonds. The van der Waals surface area contributed by atoms with Crippen LogP contribution in [0.25, 0.3) is 0 Å². The van der Waals surface area contributed by atoms with Gasteiger partial charge in [-0.3, -0.25) is 0 Å². The van der Waals surface area contributed by atoms with Crippen LogP contribution in [-0.4, -0.2) is 9.97 Å². The lowest BCUT2D eigenvalue weighted by Crippen LogP contribution is -1.94. The number of hydrogen-bond acceptors (Lipinski definition) is 3. The first kappa shape index (κ1) is 11.9. The zero-order chi connectivity index (χ0) is 12.4. The number of halogens is 1. The maximum absolute atomic E-state index is 5.72. The van der Waals surface area contributed by atoms with Crippen LogP contribution in [0.1, 0.15) is 16.7 Å². The molecule has 0 spiro atoms. The normalized spacial score (nSPS) is 10.4. The van der Waals surface area contributed by atoms with Gasteiger partial charge >= 0.3 is 0 Å². The fourth-order valence-corrected chi connectivity index (χ4v) is 1.74. The van der Waals surface area contributed by atoms with Crippen LogP contribution in [0.3, 0.4) is 0 Å². The van der Waals surface area contributed by atoms with E-state index in [-0.39, 0.29) is 5.28 Å². The summed E-state index contributed by atoms with van der Waals surface area (Å²) in [6.07, 6.45) is 1.57. The van der Waals surface area contributed by atoms with Crippen LogP contribution in [0.4, 0.5) is 0 Å². The van der Waals surface area contributed by atoms with Gasteiger partial charge < -0.3 is 4.74 Å². The molecule has 0 unspecified atom stereocenters. The van der Waals surface area contributed by atoms with Crippen molar-refractivity contribution in [1.82, 2.24) is 9.97 Å². The van der Waals surface area contributed by atoms with Crippen LogP contribution < -0.4 is 4.74 Å². The molecule has 2 rings (SSSR count). The van der Waals surface area contributed by atoms with Gasteiger partial charge in [-0.15, -0.1) is 0 Å². The second-order valence-corrected chi connectivity index (χ2v) is 4.31. The Kier molecular flexibility index (Phi) is 3.29. The van der Waals surface area contributed by atoms with Gasteiger partial charge in [0.15, 0.2) is 0 Å². The first-order valence-electron chi connectivity index (χ1n) is 5.30. The highest BCUT2D eigenvalue weighted by atomic mass is 35.5. The van der Waals surface area contributed by atoms with E-state index in [1.165, 1.54) is 5.56 Å². The van der Waals surface area contributed by atoms with Gasteiger partial charge in [0, 0.05) is 12.3 Å². The van der Waals surface area contributed by atoms with Gasteiger partial charge in [0.05, 0.1) is 0 Å². The molecular formula is C13H13ClN2O. The van der Waals surface area contributed by atoms with Gasteiger partial charge in [0.25, 0.3) is 0 Å². The van der Waals surface area contributed by atoms with Gasteiger partial charge in [-0.05, 0) is 55.1 Å². The Morgan fingerprint density at radius 3 is 2.65 bits per heavy atom. The molecule has 0 aliphatic rings. The summed E-state index contributed by atoms with van der Waals surface area (Å²) in [5, 5.41) is 0.185. The van der Waals surface area contributed by atoms with Gasteiger partial charge in [0.2, 0.25) is 11.2 Å². The molecule has 0 saturated heterocycles. The molecule has 3 nitrogen and oxygen atoms in total. The molecule has 0 saturated carbocycles. The molecule has 2 aromatic rings. The van der Waals surface area contributed by atoms with Gasteiger partial charge in [-0.1, -0.05) is 6.07 Å². The summed E-state index contributed by atoms with van der Waals surface area (Å²) < 4.78 is 5.72. The van der Waals surface area contributed by atoms with Crippen molar-refractivity contribution in [1.29, 1.82) is 0 Å². The van der Waals surface area contributed by atoms with E-state index in [4.69, 9.17) is 16.3 Å². The first-order valence-corrected chi connectivity index (χ1v) is 5.68. The Bertz CT molecular complexity index is 555. The average Bonchev–Trinajstić information content (AvgIpc) is 2.25. The van der Waals surface area contributed by atoms with Crippen LogP contribution in [0.2, 0.25) is 5.28 Å². The van der Waals surface area contributed by atoms with Crippen LogP contribution in [0.5, 0.6) is 11.6 Å². The summed E-state index contributed by atoms with van der Waals surface area (Å²) in [6.45, 7) is 6.11. The van der Waals surface area contributed by atoms with Crippen molar-refractivity contribution >= 4 is 11.6 Å². The highest BCUT2D eigenvalue weighted by Crippen LogP contribution is 2.27. The molecule has 0 aliphatic carbocycles. The summed E-state index contributed by atoms with van der Waals surface area (Å²) in [6, 6.07) is 5.79. The topological polar surface area (TPSA) is 35.0 Å². The van der Waals surface area contributed by atoms with Crippen LogP contribution in [-0.2, 0) is 0 Å². The second-order valence-electron chi connectivity index (χ2n) is 3.97. The van der Waals surface area contributed by atoms with E-state index in [1.54, 1.807) is 12.3 Å². The summed E-state index contributed by atoms with van der Waals surface area (Å²) >= 11 is 5.71. The molecule has 0 bridgehead atoms. The molecule has 0 fully saturated rings. The lowest BCUT2D eigenvalue weighted by atomic mass is 10.1. The third-order valence-corrected chi connectivity index (χ3v) is 2.76. The minimum absolute atomic E-state index is 0.185. The predicted molar refractivity (Wildman–Crippen MR) is 67.8 cm³/mol. The minimum atomic E-state index is 0.185. The van der Waals surface area contributed by atoms with E-state index in [2.05, 4.69) is 23.0 Å². The first-order chi connectivity index (χ1) is 8.06. The smallest absolute Gasteiger partial charge is 0.225 e. The SMILES string of the molecule is Cc1cc(C)c(C)c(Oc2ccnc(Cl)n2)c1. The maximum Gasteiger partial charge on any atom is 0.225 e. The van der Waals surface area contributed by atoms with E-state index in [9.17, 15) is 0 Å². The molecule has 1 aromatic heterocycles. The predicted octanol–water partition coefficient (Wildman–Crippen LogP) is 3.85. The van der Waals surface area contributed by atoms with E-state index < -0.39 is 0 Å². The van der Waals surface area contributed by atoms with Crippen molar-refractivity contribution in [2.24, 2.45) is 0 Å². The summed E-state index contributed by atoms with van der Waals surface area (Å²) in [5.41, 5.74) is 3.45. The van der Waals surface area contributed by atoms with E-state index in [0.29, 0.717) is 5.88 Å². The monoisotopic (exact) mass is 248 g/mol. The molecule has 88 valence electrons. The molecule has 0 radical (unpaired) electrons. The highest BCUT2D eigenvalue weighted by Gasteiger charge is 2.06. The largest absolute Gasteiger partial charge is 0.439 e. The zero-order valence-electron chi connectivity index (χ0n) is 9.99. The molecule has 4 heteroatoms. The van der Waals surface area contributed by atoms with Crippen molar-refractivity contribution in [3.05, 3.63) is 46.4 Å². The minimum Gasteiger partial charge on any atom is -0.439 e. The van der Waals surface area contributed by atoms with Crippen LogP contribution in [0.15, 0.2) is 24.4 Å². The Morgan fingerprint density at radius 2 is 1.94 bits per heavy atom. The average molecular weight is 249 g/mol. The third-order valence-electron chi connectivity index (χ3n) is 2.58. The standard InChI is InChI=1S/C13H13ClN2O/c1-8-6-9(2)10(3)11(7-8)17-12-4-5-15-13(14)16-12/h4-7H,1-3H3. The summed E-state index contributed by atoms with van der Waals surface area (Å²) in [5.74, 6) is 1.26. The number of aromatic nitrogens is 2.